The fraction of sp³-hybridized carbons (Fsp3) is 0.643. The number of aromatic nitrogens is 4. The number of quaternary nitrogens is 1. The van der Waals surface area contributed by atoms with Gasteiger partial charge in [0.1, 0.15) is 11.8 Å². The lowest BCUT2D eigenvalue weighted by molar-refractivity contribution is -0.738. The van der Waals surface area contributed by atoms with E-state index in [0.717, 1.165) is 30.1 Å². The number of piperidine rings is 2. The molecule has 2 saturated heterocycles. The van der Waals surface area contributed by atoms with Crippen molar-refractivity contribution in [3.05, 3.63) is 12.7 Å². The molecule has 2 aliphatic heterocycles. The summed E-state index contributed by atoms with van der Waals surface area (Å²) in [6, 6.07) is 0. The van der Waals surface area contributed by atoms with Crippen LogP contribution in [0.1, 0.15) is 32.1 Å². The molecule has 2 aromatic rings. The fourth-order valence-corrected chi connectivity index (χ4v) is 3.74. The van der Waals surface area contributed by atoms with Crippen molar-refractivity contribution >= 4 is 17.0 Å². The first kappa shape index (κ1) is 12.1. The van der Waals surface area contributed by atoms with Crippen LogP contribution in [0.15, 0.2) is 12.7 Å². The van der Waals surface area contributed by atoms with Gasteiger partial charge in [-0.25, -0.2) is 15.0 Å². The molecule has 4 rings (SSSR count). The minimum atomic E-state index is 0.509. The first-order valence-electron chi connectivity index (χ1n) is 7.60. The molecule has 2 aliphatic rings. The van der Waals surface area contributed by atoms with Gasteiger partial charge in [0.15, 0.2) is 11.5 Å². The summed E-state index contributed by atoms with van der Waals surface area (Å²) in [6.07, 6.45) is 9.99. The Kier molecular flexibility index (Phi) is 2.84. The lowest BCUT2D eigenvalue weighted by Gasteiger charge is -2.42. The minimum absolute atomic E-state index is 0.509. The van der Waals surface area contributed by atoms with Crippen molar-refractivity contribution in [3.8, 4) is 0 Å². The molecular weight excluding hydrogens is 252 g/mol. The van der Waals surface area contributed by atoms with Gasteiger partial charge in [0.2, 0.25) is 0 Å². The molecule has 0 aromatic carbocycles. The molecule has 6 nitrogen and oxygen atoms in total. The number of anilines is 1. The smallest absolute Gasteiger partial charge is 0.182 e. The summed E-state index contributed by atoms with van der Waals surface area (Å²) in [6.45, 7) is 3.47. The molecule has 0 amide bonds. The molecular formula is C14H21N6+. The van der Waals surface area contributed by atoms with Gasteiger partial charge in [0, 0.05) is 32.4 Å². The lowest BCUT2D eigenvalue weighted by Crippen LogP contribution is -2.99. The van der Waals surface area contributed by atoms with E-state index in [4.69, 9.17) is 0 Å². The Bertz CT molecular complexity index is 590. The molecule has 0 unspecified atom stereocenters. The summed E-state index contributed by atoms with van der Waals surface area (Å²) < 4.78 is 0. The van der Waals surface area contributed by atoms with Gasteiger partial charge in [0.05, 0.1) is 18.4 Å². The van der Waals surface area contributed by atoms with Crippen LogP contribution in [0, 0.1) is 0 Å². The van der Waals surface area contributed by atoms with Crippen LogP contribution < -0.4 is 10.2 Å². The molecule has 2 fully saturated rings. The summed E-state index contributed by atoms with van der Waals surface area (Å²) in [5.41, 5.74) is 2.24. The van der Waals surface area contributed by atoms with Gasteiger partial charge in [-0.1, -0.05) is 0 Å². The van der Waals surface area contributed by atoms with Crippen molar-refractivity contribution in [2.45, 2.75) is 37.6 Å². The number of nitrogens with one attached hydrogen (secondary N) is 1. The van der Waals surface area contributed by atoms with Gasteiger partial charge in [-0.05, 0) is 12.8 Å². The normalized spacial score (nSPS) is 22.5. The summed E-state index contributed by atoms with van der Waals surface area (Å²) in [4.78, 5) is 18.4. The topological polar surface area (TPSA) is 74.3 Å². The third-order valence-electron chi connectivity index (χ3n) is 4.97. The van der Waals surface area contributed by atoms with Crippen molar-refractivity contribution in [2.24, 2.45) is 0 Å². The Morgan fingerprint density at radius 2 is 2.00 bits per heavy atom. The highest BCUT2D eigenvalue weighted by Gasteiger charge is 2.39. The van der Waals surface area contributed by atoms with Crippen LogP contribution in [0.4, 0.5) is 5.82 Å². The monoisotopic (exact) mass is 273 g/mol. The summed E-state index contributed by atoms with van der Waals surface area (Å²) >= 11 is 0. The molecule has 2 aromatic heterocycles. The quantitative estimate of drug-likeness (QED) is 0.790. The van der Waals surface area contributed by atoms with Crippen molar-refractivity contribution in [2.75, 3.05) is 24.5 Å². The van der Waals surface area contributed by atoms with Crippen LogP contribution >= 0.6 is 0 Å². The van der Waals surface area contributed by atoms with Crippen LogP contribution in [-0.2, 0) is 0 Å². The van der Waals surface area contributed by atoms with Crippen LogP contribution in [0.2, 0.25) is 0 Å². The second-order valence-corrected chi connectivity index (χ2v) is 6.10. The third kappa shape index (κ3) is 1.95. The number of H-pyrrole nitrogens is 1. The van der Waals surface area contributed by atoms with Crippen LogP contribution in [0.5, 0.6) is 0 Å². The zero-order valence-corrected chi connectivity index (χ0v) is 11.7. The maximum Gasteiger partial charge on any atom is 0.182 e. The maximum atomic E-state index is 4.47. The van der Waals surface area contributed by atoms with Gasteiger partial charge >= 0.3 is 0 Å². The molecule has 0 aliphatic carbocycles. The number of aromatic amines is 1. The summed E-state index contributed by atoms with van der Waals surface area (Å²) in [5.74, 6) is 1.01. The summed E-state index contributed by atoms with van der Waals surface area (Å²) in [5, 5.41) is 2.60. The predicted molar refractivity (Wildman–Crippen MR) is 76.5 cm³/mol. The number of nitrogens with two attached hydrogens (primary N) is 1. The number of rotatable bonds is 1. The van der Waals surface area contributed by atoms with Gasteiger partial charge < -0.3 is 15.2 Å². The highest BCUT2D eigenvalue weighted by molar-refractivity contribution is 5.82. The van der Waals surface area contributed by atoms with Gasteiger partial charge in [0.25, 0.3) is 0 Å². The average molecular weight is 273 g/mol. The maximum absolute atomic E-state index is 4.47. The van der Waals surface area contributed by atoms with E-state index >= 15 is 0 Å². The fourth-order valence-electron chi connectivity index (χ4n) is 3.74. The lowest BCUT2D eigenvalue weighted by atomic mass is 9.80. The number of hydrogen-bond donors (Lipinski definition) is 2. The van der Waals surface area contributed by atoms with E-state index in [0.29, 0.717) is 5.54 Å². The van der Waals surface area contributed by atoms with Crippen molar-refractivity contribution in [1.82, 2.24) is 19.9 Å². The largest absolute Gasteiger partial charge is 0.354 e. The molecule has 0 radical (unpaired) electrons. The molecule has 20 heavy (non-hydrogen) atoms. The Balaban J connectivity index is 1.55. The SMILES string of the molecule is c1nc(N2CCC3(CCCC[NH2+]3)CC2)c2[nH]cnc2n1. The van der Waals surface area contributed by atoms with Gasteiger partial charge in [-0.15, -0.1) is 0 Å². The molecule has 106 valence electrons. The zero-order valence-electron chi connectivity index (χ0n) is 11.7. The molecule has 0 atom stereocenters. The van der Waals surface area contributed by atoms with E-state index < -0.39 is 0 Å². The Morgan fingerprint density at radius 3 is 2.80 bits per heavy atom. The molecule has 1 spiro atoms. The Hall–Kier alpha value is -1.69. The number of nitrogens with zero attached hydrogens (tertiary/aromatic N) is 4. The second-order valence-electron chi connectivity index (χ2n) is 6.10. The second kappa shape index (κ2) is 4.70. The van der Waals surface area contributed by atoms with E-state index in [2.05, 4.69) is 30.2 Å². The van der Waals surface area contributed by atoms with Crippen LogP contribution in [-0.4, -0.2) is 45.1 Å². The van der Waals surface area contributed by atoms with E-state index in [1.54, 1.807) is 12.7 Å². The van der Waals surface area contributed by atoms with E-state index in [9.17, 15) is 0 Å². The van der Waals surface area contributed by atoms with E-state index in [1.165, 1.54) is 38.6 Å². The first-order valence-corrected chi connectivity index (χ1v) is 7.60. The number of hydrogen-bond acceptors (Lipinski definition) is 4. The summed E-state index contributed by atoms with van der Waals surface area (Å²) in [7, 11) is 0. The van der Waals surface area contributed by atoms with E-state index in [1.807, 2.05) is 0 Å². The van der Waals surface area contributed by atoms with Gasteiger partial charge in [-0.2, -0.15) is 0 Å². The van der Waals surface area contributed by atoms with Crippen molar-refractivity contribution < 1.29 is 5.32 Å². The van der Waals surface area contributed by atoms with E-state index in [-0.39, 0.29) is 0 Å². The minimum Gasteiger partial charge on any atom is -0.354 e. The molecule has 4 heterocycles. The molecule has 3 N–H and O–H groups in total. The number of fused-ring (bicyclic) bond motifs is 1. The molecule has 0 bridgehead atoms. The number of imidazole rings is 1. The van der Waals surface area contributed by atoms with Crippen LogP contribution in [0.25, 0.3) is 11.2 Å². The molecule has 6 heteroatoms. The third-order valence-corrected chi connectivity index (χ3v) is 4.97. The Morgan fingerprint density at radius 1 is 1.10 bits per heavy atom. The van der Waals surface area contributed by atoms with Crippen LogP contribution in [0.3, 0.4) is 0 Å². The Labute approximate surface area is 118 Å². The average Bonchev–Trinajstić information content (AvgIpc) is 2.97. The standard InChI is InChI=1S/C14H20N6/c1-2-6-19-14(3-1)4-7-20(8-5-14)13-11-12(16-9-15-11)17-10-18-13/h9-10,19H,1-8H2,(H,15,16,17,18)/p+1. The van der Waals surface area contributed by atoms with Gasteiger partial charge in [-0.3, -0.25) is 0 Å². The predicted octanol–water partition coefficient (Wildman–Crippen LogP) is 0.439. The first-order chi connectivity index (χ1) is 9.86. The zero-order chi connectivity index (χ0) is 13.4. The van der Waals surface area contributed by atoms with Crippen molar-refractivity contribution in [3.63, 3.8) is 0 Å². The highest BCUT2D eigenvalue weighted by Crippen LogP contribution is 2.29. The molecule has 0 saturated carbocycles. The highest BCUT2D eigenvalue weighted by atomic mass is 15.2. The van der Waals surface area contributed by atoms with Crippen molar-refractivity contribution in [1.29, 1.82) is 0 Å².